The van der Waals surface area contributed by atoms with Crippen LogP contribution in [-0.2, 0) is 27.8 Å². The molecule has 1 unspecified atom stereocenters. The molecule has 39 heavy (non-hydrogen) atoms. The van der Waals surface area contributed by atoms with Gasteiger partial charge in [-0.2, -0.15) is 5.26 Å². The molecule has 1 atom stereocenters. The zero-order valence-corrected chi connectivity index (χ0v) is 22.3. The van der Waals surface area contributed by atoms with Gasteiger partial charge in [-0.3, -0.25) is 19.2 Å². The van der Waals surface area contributed by atoms with E-state index in [2.05, 4.69) is 22.0 Å². The van der Waals surface area contributed by atoms with Crippen molar-refractivity contribution in [1.82, 2.24) is 20.9 Å². The number of hydrogen-bond acceptors (Lipinski definition) is 6. The second-order valence-electron chi connectivity index (χ2n) is 9.97. The third-order valence-corrected chi connectivity index (χ3v) is 7.87. The minimum Gasteiger partial charge on any atom is -0.369 e. The van der Waals surface area contributed by atoms with Gasteiger partial charge in [0.15, 0.2) is 0 Å². The number of primary amides is 1. The first-order valence-corrected chi connectivity index (χ1v) is 13.2. The lowest BCUT2D eigenvalue weighted by Gasteiger charge is -2.34. The Morgan fingerprint density at radius 3 is 2.05 bits per heavy atom. The molecule has 10 nitrogen and oxygen atoms in total. The van der Waals surface area contributed by atoms with Gasteiger partial charge in [-0.25, -0.2) is 0 Å². The highest BCUT2D eigenvalue weighted by atomic mass is 16.2. The van der Waals surface area contributed by atoms with Crippen LogP contribution in [0.1, 0.15) is 62.2 Å². The van der Waals surface area contributed by atoms with Crippen molar-refractivity contribution in [1.29, 1.82) is 5.26 Å². The fraction of sp³-hybridized carbons (Fsp3) is 0.414. The number of rotatable bonds is 8. The predicted molar refractivity (Wildman–Crippen MR) is 145 cm³/mol. The standard InChI is InChI=1S/C29H34N6O4/c1-32-26(37)20-7-9-23-18(14-20)5-6-19-15-21(27(38)33-2)8-10-24(19)29(23,28(31)39)11-12-34-17-25(36)35-13-3-4-22(35)16-30/h7-10,14-15,22,34H,3-6,11-13,17H2,1-2H3,(H2,31,39)(H,32,37)(H,33,38). The van der Waals surface area contributed by atoms with Crippen LogP contribution >= 0.6 is 0 Å². The molecule has 4 rings (SSSR count). The van der Waals surface area contributed by atoms with Crippen LogP contribution in [-0.4, -0.2) is 68.3 Å². The van der Waals surface area contributed by atoms with E-state index in [9.17, 15) is 24.4 Å². The van der Waals surface area contributed by atoms with Crippen LogP contribution in [0.4, 0.5) is 0 Å². The lowest BCUT2D eigenvalue weighted by Crippen LogP contribution is -2.46. The van der Waals surface area contributed by atoms with E-state index in [1.165, 1.54) is 0 Å². The zero-order chi connectivity index (χ0) is 28.2. The molecule has 10 heteroatoms. The van der Waals surface area contributed by atoms with Crippen LogP contribution < -0.4 is 21.7 Å². The number of carbonyl (C=O) groups is 4. The lowest BCUT2D eigenvalue weighted by molar-refractivity contribution is -0.130. The number of nitriles is 1. The van der Waals surface area contributed by atoms with Crippen molar-refractivity contribution in [2.75, 3.05) is 33.7 Å². The van der Waals surface area contributed by atoms with Crippen LogP contribution in [0, 0.1) is 11.3 Å². The Morgan fingerprint density at radius 2 is 1.56 bits per heavy atom. The van der Waals surface area contributed by atoms with Gasteiger partial charge in [-0.1, -0.05) is 12.1 Å². The van der Waals surface area contributed by atoms with E-state index in [4.69, 9.17) is 5.73 Å². The van der Waals surface area contributed by atoms with E-state index < -0.39 is 17.4 Å². The Bertz CT molecular complexity index is 1280. The lowest BCUT2D eigenvalue weighted by atomic mass is 9.69. The van der Waals surface area contributed by atoms with Gasteiger partial charge >= 0.3 is 0 Å². The third-order valence-electron chi connectivity index (χ3n) is 7.87. The SMILES string of the molecule is CNC(=O)c1ccc2c(c1)CCc1cc(C(=O)NC)ccc1C2(CCNCC(=O)N1CCCC1C#N)C(N)=O. The van der Waals surface area contributed by atoms with Gasteiger partial charge in [-0.05, 0) is 85.2 Å². The summed E-state index contributed by atoms with van der Waals surface area (Å²) in [4.78, 5) is 52.5. The maximum absolute atomic E-state index is 13.4. The molecule has 2 aliphatic rings. The second-order valence-corrected chi connectivity index (χ2v) is 9.97. The molecular weight excluding hydrogens is 496 g/mol. The molecule has 2 aromatic carbocycles. The van der Waals surface area contributed by atoms with E-state index in [0.717, 1.165) is 17.5 Å². The number of hydrogen-bond donors (Lipinski definition) is 4. The van der Waals surface area contributed by atoms with Gasteiger partial charge in [-0.15, -0.1) is 0 Å². The Morgan fingerprint density at radius 1 is 1.00 bits per heavy atom. The van der Waals surface area contributed by atoms with E-state index >= 15 is 0 Å². The average molecular weight is 531 g/mol. The first-order chi connectivity index (χ1) is 18.8. The summed E-state index contributed by atoms with van der Waals surface area (Å²) in [7, 11) is 3.12. The number of fused-ring (bicyclic) bond motifs is 2. The molecular formula is C29H34N6O4. The van der Waals surface area contributed by atoms with E-state index in [1.807, 2.05) is 0 Å². The molecule has 1 saturated heterocycles. The predicted octanol–water partition coefficient (Wildman–Crippen LogP) is 0.770. The molecule has 0 aromatic heterocycles. The molecule has 2 aromatic rings. The van der Waals surface area contributed by atoms with Crippen molar-refractivity contribution < 1.29 is 19.2 Å². The number of amides is 4. The summed E-state index contributed by atoms with van der Waals surface area (Å²) in [6.07, 6.45) is 2.84. The van der Waals surface area contributed by atoms with Crippen molar-refractivity contribution in [2.24, 2.45) is 5.73 Å². The number of likely N-dealkylation sites (tertiary alicyclic amines) is 1. The molecule has 5 N–H and O–H groups in total. The van der Waals surface area contributed by atoms with Crippen molar-refractivity contribution in [3.05, 3.63) is 69.8 Å². The summed E-state index contributed by atoms with van der Waals surface area (Å²) in [5.41, 5.74) is 8.99. The zero-order valence-electron chi connectivity index (χ0n) is 22.3. The van der Waals surface area contributed by atoms with E-state index in [0.29, 0.717) is 54.6 Å². The molecule has 0 bridgehead atoms. The number of aryl methyl sites for hydroxylation is 2. The number of nitrogens with one attached hydrogen (secondary N) is 3. The summed E-state index contributed by atoms with van der Waals surface area (Å²) in [5, 5.41) is 17.7. The molecule has 1 heterocycles. The molecule has 1 fully saturated rings. The molecule has 0 saturated carbocycles. The first-order valence-electron chi connectivity index (χ1n) is 13.2. The summed E-state index contributed by atoms with van der Waals surface area (Å²) >= 11 is 0. The minimum absolute atomic E-state index is 0.0396. The van der Waals surface area contributed by atoms with Crippen LogP contribution in [0.3, 0.4) is 0 Å². The first kappa shape index (κ1) is 27.8. The maximum atomic E-state index is 13.4. The van der Waals surface area contributed by atoms with Crippen molar-refractivity contribution in [2.45, 2.75) is 43.6 Å². The molecule has 1 aliphatic carbocycles. The number of carbonyl (C=O) groups excluding carboxylic acids is 4. The van der Waals surface area contributed by atoms with Crippen molar-refractivity contribution >= 4 is 23.6 Å². The fourth-order valence-electron chi connectivity index (χ4n) is 5.85. The van der Waals surface area contributed by atoms with Crippen LogP contribution in [0.2, 0.25) is 0 Å². The van der Waals surface area contributed by atoms with Crippen molar-refractivity contribution in [3.8, 4) is 6.07 Å². The molecule has 1 aliphatic heterocycles. The van der Waals surface area contributed by atoms with Gasteiger partial charge in [0.05, 0.1) is 12.6 Å². The highest BCUT2D eigenvalue weighted by Crippen LogP contribution is 2.42. The topological polar surface area (TPSA) is 157 Å². The molecule has 0 spiro atoms. The Hall–Kier alpha value is -4.23. The van der Waals surface area contributed by atoms with Gasteiger partial charge < -0.3 is 26.6 Å². The monoisotopic (exact) mass is 530 g/mol. The maximum Gasteiger partial charge on any atom is 0.251 e. The van der Waals surface area contributed by atoms with E-state index in [1.54, 1.807) is 55.4 Å². The van der Waals surface area contributed by atoms with Gasteiger partial charge in [0.2, 0.25) is 11.8 Å². The van der Waals surface area contributed by atoms with Crippen LogP contribution in [0.5, 0.6) is 0 Å². The molecule has 4 amide bonds. The van der Waals surface area contributed by atoms with Gasteiger partial charge in [0, 0.05) is 31.8 Å². The van der Waals surface area contributed by atoms with Crippen LogP contribution in [0.15, 0.2) is 36.4 Å². The molecule has 0 radical (unpaired) electrons. The number of benzene rings is 2. The largest absolute Gasteiger partial charge is 0.369 e. The Labute approximate surface area is 227 Å². The quantitative estimate of drug-likeness (QED) is 0.369. The third kappa shape index (κ3) is 5.22. The van der Waals surface area contributed by atoms with Crippen LogP contribution in [0.25, 0.3) is 0 Å². The normalized spacial score (nSPS) is 17.3. The summed E-state index contributed by atoms with van der Waals surface area (Å²) in [5.74, 6) is -1.17. The number of nitrogens with zero attached hydrogens (tertiary/aromatic N) is 2. The summed E-state index contributed by atoms with van der Waals surface area (Å²) in [6.45, 7) is 0.900. The average Bonchev–Trinajstić information content (AvgIpc) is 3.39. The molecule has 204 valence electrons. The summed E-state index contributed by atoms with van der Waals surface area (Å²) < 4.78 is 0. The van der Waals surface area contributed by atoms with Gasteiger partial charge in [0.25, 0.3) is 11.8 Å². The van der Waals surface area contributed by atoms with Gasteiger partial charge in [0.1, 0.15) is 11.5 Å². The van der Waals surface area contributed by atoms with Crippen molar-refractivity contribution in [3.63, 3.8) is 0 Å². The Balaban J connectivity index is 1.70. The van der Waals surface area contributed by atoms with E-state index in [-0.39, 0.29) is 30.7 Å². The fourth-order valence-corrected chi connectivity index (χ4v) is 5.85. The Kier molecular flexibility index (Phi) is 8.31. The highest BCUT2D eigenvalue weighted by molar-refractivity contribution is 5.97. The summed E-state index contributed by atoms with van der Waals surface area (Å²) in [6, 6.07) is 12.3. The number of nitrogens with two attached hydrogens (primary N) is 1. The smallest absolute Gasteiger partial charge is 0.251 e. The second kappa shape index (κ2) is 11.7. The minimum atomic E-state index is -1.25. The highest BCUT2D eigenvalue weighted by Gasteiger charge is 2.44.